The number of carbonyl (C=O) groups excluding carboxylic acids is 1. The van der Waals surface area contributed by atoms with Crippen LogP contribution in [0.2, 0.25) is 0 Å². The molecule has 4 nitrogen and oxygen atoms in total. The van der Waals surface area contributed by atoms with Gasteiger partial charge in [0.15, 0.2) is 0 Å². The topological polar surface area (TPSA) is 60.8 Å². The molecule has 154 valence electrons. The Morgan fingerprint density at radius 1 is 1.04 bits per heavy atom. The molecule has 2 rings (SSSR count). The number of rotatable bonds is 5. The van der Waals surface area contributed by atoms with Gasteiger partial charge in [0.05, 0.1) is 5.56 Å². The van der Waals surface area contributed by atoms with E-state index < -0.39 is 18.9 Å². The second kappa shape index (κ2) is 12.2. The Labute approximate surface area is 164 Å². The summed E-state index contributed by atoms with van der Waals surface area (Å²) in [5.41, 5.74) is -0.307. The van der Waals surface area contributed by atoms with Crippen molar-refractivity contribution in [1.29, 1.82) is 0 Å². The van der Waals surface area contributed by atoms with Gasteiger partial charge in [-0.25, -0.2) is 0 Å². The van der Waals surface area contributed by atoms with E-state index in [9.17, 15) is 28.0 Å². The van der Waals surface area contributed by atoms with Gasteiger partial charge in [-0.1, -0.05) is 52.0 Å². The van der Waals surface area contributed by atoms with Crippen LogP contribution >= 0.6 is 0 Å². The summed E-state index contributed by atoms with van der Waals surface area (Å²) in [5, 5.41) is 18.4. The summed E-state index contributed by atoms with van der Waals surface area (Å²) in [6, 6.07) is 9.60. The van der Waals surface area contributed by atoms with Crippen molar-refractivity contribution in [2.45, 2.75) is 40.4 Å². The number of nitrogens with zero attached hydrogens (tertiary/aromatic N) is 1. The molecular formula is C20H27BF3NO3. The Bertz CT molecular complexity index is 737. The van der Waals surface area contributed by atoms with E-state index in [1.807, 2.05) is 27.7 Å². The zero-order valence-electron chi connectivity index (χ0n) is 16.8. The summed E-state index contributed by atoms with van der Waals surface area (Å²) in [6.07, 6.45) is -4.18. The van der Waals surface area contributed by atoms with Gasteiger partial charge >= 0.3 is 13.3 Å². The highest BCUT2D eigenvalue weighted by Crippen LogP contribution is 2.34. The summed E-state index contributed by atoms with van der Waals surface area (Å²) < 4.78 is 39.6. The highest BCUT2D eigenvalue weighted by atomic mass is 19.4. The lowest BCUT2D eigenvalue weighted by Crippen LogP contribution is -2.31. The highest BCUT2D eigenvalue weighted by Gasteiger charge is 2.34. The normalized spacial score (nSPS) is 10.1. The highest BCUT2D eigenvalue weighted by molar-refractivity contribution is 6.58. The van der Waals surface area contributed by atoms with Crippen LogP contribution < -0.4 is 10.4 Å². The van der Waals surface area contributed by atoms with Crippen molar-refractivity contribution < 1.29 is 28.0 Å². The van der Waals surface area contributed by atoms with Crippen molar-refractivity contribution in [3.05, 3.63) is 59.2 Å². The molecule has 0 radical (unpaired) electrons. The van der Waals surface area contributed by atoms with E-state index in [4.69, 9.17) is 0 Å². The van der Waals surface area contributed by atoms with Crippen LogP contribution in [0, 0.1) is 0 Å². The second-order valence-electron chi connectivity index (χ2n) is 5.31. The minimum absolute atomic E-state index is 0.0324. The van der Waals surface area contributed by atoms with E-state index in [0.29, 0.717) is 12.0 Å². The first kappa shape index (κ1) is 25.7. The van der Waals surface area contributed by atoms with E-state index in [2.05, 4.69) is 0 Å². The number of carbonyl (C=O) groups is 1. The van der Waals surface area contributed by atoms with Crippen LogP contribution in [0.25, 0.3) is 0 Å². The number of hydrogen-bond acceptors (Lipinski definition) is 4. The van der Waals surface area contributed by atoms with Gasteiger partial charge in [0.25, 0.3) is 0 Å². The first-order valence-corrected chi connectivity index (χ1v) is 9.05. The van der Waals surface area contributed by atoms with Crippen LogP contribution in [0.1, 0.15) is 49.2 Å². The van der Waals surface area contributed by atoms with Gasteiger partial charge in [-0.15, -0.1) is 0 Å². The molecule has 0 aliphatic carbocycles. The average Bonchev–Trinajstić information content (AvgIpc) is 2.70. The molecule has 0 aromatic heterocycles. The number of anilines is 1. The fraction of sp³-hybridized carbons (Fsp3) is 0.350. The van der Waals surface area contributed by atoms with Gasteiger partial charge in [-0.3, -0.25) is 4.79 Å². The van der Waals surface area contributed by atoms with Crippen LogP contribution in [0.5, 0.6) is 0 Å². The Kier molecular flexibility index (Phi) is 11.2. The first-order valence-electron chi connectivity index (χ1n) is 9.05. The summed E-state index contributed by atoms with van der Waals surface area (Å²) in [4.78, 5) is 12.6. The van der Waals surface area contributed by atoms with Crippen molar-refractivity contribution in [2.75, 3.05) is 11.9 Å². The molecule has 0 atom stereocenters. The van der Waals surface area contributed by atoms with E-state index in [1.165, 1.54) is 29.2 Å². The molecule has 2 aromatic carbocycles. The maximum absolute atomic E-state index is 13.2. The monoisotopic (exact) mass is 397 g/mol. The third kappa shape index (κ3) is 7.01. The van der Waals surface area contributed by atoms with Gasteiger partial charge in [-0.05, 0) is 29.2 Å². The molecule has 0 heterocycles. The van der Waals surface area contributed by atoms with Crippen molar-refractivity contribution in [1.82, 2.24) is 0 Å². The van der Waals surface area contributed by atoms with Gasteiger partial charge < -0.3 is 14.9 Å². The minimum atomic E-state index is -4.57. The van der Waals surface area contributed by atoms with E-state index in [0.717, 1.165) is 6.07 Å². The molecule has 0 saturated heterocycles. The van der Waals surface area contributed by atoms with Gasteiger partial charge in [0, 0.05) is 24.8 Å². The molecule has 2 N–H and O–H groups in total. The largest absolute Gasteiger partial charge is 0.488 e. The lowest BCUT2D eigenvalue weighted by atomic mass is 9.80. The molecule has 0 amide bonds. The van der Waals surface area contributed by atoms with Gasteiger partial charge in [0.1, 0.15) is 6.29 Å². The molecule has 0 unspecified atom stereocenters. The van der Waals surface area contributed by atoms with E-state index >= 15 is 0 Å². The molecule has 0 bridgehead atoms. The molecule has 28 heavy (non-hydrogen) atoms. The van der Waals surface area contributed by atoms with Crippen LogP contribution in [0.3, 0.4) is 0 Å². The maximum Gasteiger partial charge on any atom is 0.488 e. The summed E-state index contributed by atoms with van der Waals surface area (Å²) in [7, 11) is -0.115. The van der Waals surface area contributed by atoms with E-state index in [-0.39, 0.29) is 23.1 Å². The molecule has 0 aliphatic rings. The summed E-state index contributed by atoms with van der Waals surface area (Å²) in [6.45, 7) is 7.84. The SMILES string of the molecule is CC.CC.CN(Cc1c(C=O)cccc1C(F)(F)F)c1cccc(B(O)O)c1. The molecule has 0 saturated carbocycles. The molecular weight excluding hydrogens is 370 g/mol. The van der Waals surface area contributed by atoms with Crippen LogP contribution in [0.4, 0.5) is 18.9 Å². The molecule has 0 fully saturated rings. The Morgan fingerprint density at radius 2 is 1.61 bits per heavy atom. The lowest BCUT2D eigenvalue weighted by molar-refractivity contribution is -0.138. The number of halogens is 3. The quantitative estimate of drug-likeness (QED) is 0.594. The fourth-order valence-corrected chi connectivity index (χ4v) is 2.41. The Hall–Kier alpha value is -2.32. The Morgan fingerprint density at radius 3 is 2.11 bits per heavy atom. The molecule has 0 spiro atoms. The lowest BCUT2D eigenvalue weighted by Gasteiger charge is -2.23. The van der Waals surface area contributed by atoms with Crippen molar-refractivity contribution in [3.8, 4) is 0 Å². The standard InChI is InChI=1S/C16H15BF3NO3.2C2H6/c1-21(13-6-3-5-12(8-13)17(23)24)9-14-11(10-22)4-2-7-15(14)16(18,19)20;2*1-2/h2-8,10,23-24H,9H2,1H3;2*1-2H3. The zero-order valence-corrected chi connectivity index (χ0v) is 16.8. The van der Waals surface area contributed by atoms with Gasteiger partial charge in [-0.2, -0.15) is 13.2 Å². The third-order valence-corrected chi connectivity index (χ3v) is 3.65. The summed E-state index contributed by atoms with van der Waals surface area (Å²) in [5.74, 6) is 0. The zero-order chi connectivity index (χ0) is 21.9. The van der Waals surface area contributed by atoms with Crippen molar-refractivity contribution in [2.24, 2.45) is 0 Å². The van der Waals surface area contributed by atoms with Crippen LogP contribution in [-0.4, -0.2) is 30.5 Å². The van der Waals surface area contributed by atoms with Crippen molar-refractivity contribution in [3.63, 3.8) is 0 Å². The smallest absolute Gasteiger partial charge is 0.423 e. The Balaban J connectivity index is 0.00000171. The average molecular weight is 397 g/mol. The number of alkyl halides is 3. The van der Waals surface area contributed by atoms with Gasteiger partial charge in [0.2, 0.25) is 0 Å². The summed E-state index contributed by atoms with van der Waals surface area (Å²) >= 11 is 0. The molecule has 0 aliphatic heterocycles. The third-order valence-electron chi connectivity index (χ3n) is 3.65. The predicted molar refractivity (Wildman–Crippen MR) is 108 cm³/mol. The fourth-order valence-electron chi connectivity index (χ4n) is 2.41. The number of benzene rings is 2. The minimum Gasteiger partial charge on any atom is -0.423 e. The number of aldehydes is 1. The van der Waals surface area contributed by atoms with Crippen LogP contribution in [0.15, 0.2) is 42.5 Å². The van der Waals surface area contributed by atoms with Crippen molar-refractivity contribution >= 4 is 24.6 Å². The van der Waals surface area contributed by atoms with E-state index in [1.54, 1.807) is 19.2 Å². The second-order valence-corrected chi connectivity index (χ2v) is 5.31. The molecule has 2 aromatic rings. The van der Waals surface area contributed by atoms with Crippen LogP contribution in [-0.2, 0) is 12.7 Å². The predicted octanol–water partition coefficient (Wildman–Crippen LogP) is 3.89. The number of hydrogen-bond donors (Lipinski definition) is 2. The first-order chi connectivity index (χ1) is 13.2. The molecule has 8 heteroatoms. The maximum atomic E-state index is 13.2.